The third-order valence-corrected chi connectivity index (χ3v) is 2.61. The van der Waals surface area contributed by atoms with Gasteiger partial charge in [-0.15, -0.1) is 0 Å². The molecule has 6 nitrogen and oxygen atoms in total. The van der Waals surface area contributed by atoms with Gasteiger partial charge in [-0.3, -0.25) is 5.43 Å². The van der Waals surface area contributed by atoms with E-state index in [1.807, 2.05) is 0 Å². The van der Waals surface area contributed by atoms with Crippen LogP contribution in [0.5, 0.6) is 11.5 Å². The van der Waals surface area contributed by atoms with Crippen molar-refractivity contribution >= 4 is 23.5 Å². The van der Waals surface area contributed by atoms with E-state index >= 15 is 0 Å². The van der Waals surface area contributed by atoms with E-state index in [1.165, 1.54) is 25.5 Å². The van der Waals surface area contributed by atoms with Crippen LogP contribution in [0.1, 0.15) is 5.56 Å². The van der Waals surface area contributed by atoms with Crippen LogP contribution in [-0.2, 0) is 4.74 Å². The number of ether oxygens (including phenoxy) is 3. The number of methoxy groups -OCH3 is 2. The number of hydrogen-bond acceptors (Lipinski definition) is 5. The van der Waals surface area contributed by atoms with Crippen molar-refractivity contribution in [2.24, 2.45) is 5.10 Å². The van der Waals surface area contributed by atoms with Crippen molar-refractivity contribution in [1.29, 1.82) is 0 Å². The topological polar surface area (TPSA) is 64.1 Å². The van der Waals surface area contributed by atoms with E-state index in [2.05, 4.69) is 20.6 Å². The summed E-state index contributed by atoms with van der Waals surface area (Å²) >= 11 is 4.98. The number of rotatable bonds is 8. The number of nitrogens with one attached hydrogen (secondary N) is 2. The lowest BCUT2D eigenvalue weighted by molar-refractivity contribution is -0.0512. The van der Waals surface area contributed by atoms with E-state index in [0.29, 0.717) is 23.8 Å². The fraction of sp³-hybridized carbons (Fsp3) is 0.385. The summed E-state index contributed by atoms with van der Waals surface area (Å²) in [5.41, 5.74) is 3.25. The minimum Gasteiger partial charge on any atom is -0.493 e. The first kappa shape index (κ1) is 18.1. The van der Waals surface area contributed by atoms with E-state index in [4.69, 9.17) is 21.7 Å². The van der Waals surface area contributed by atoms with Gasteiger partial charge in [0.1, 0.15) is 0 Å². The summed E-state index contributed by atoms with van der Waals surface area (Å²) in [6.07, 6.45) is 1.47. The van der Waals surface area contributed by atoms with Gasteiger partial charge in [-0.2, -0.15) is 13.9 Å². The molecular formula is C13H17F2N3O3S. The summed E-state index contributed by atoms with van der Waals surface area (Å²) in [5.74, 6) is 0.143. The highest BCUT2D eigenvalue weighted by Crippen LogP contribution is 2.28. The normalized spacial score (nSPS) is 10.8. The minimum absolute atomic E-state index is 0.0423. The van der Waals surface area contributed by atoms with Crippen molar-refractivity contribution in [2.75, 3.05) is 27.4 Å². The van der Waals surface area contributed by atoms with E-state index in [-0.39, 0.29) is 11.5 Å². The minimum atomic E-state index is -2.91. The van der Waals surface area contributed by atoms with Crippen LogP contribution in [0.2, 0.25) is 0 Å². The molecule has 0 bridgehead atoms. The molecule has 22 heavy (non-hydrogen) atoms. The second-order valence-electron chi connectivity index (χ2n) is 3.91. The molecule has 0 aliphatic heterocycles. The molecule has 0 fully saturated rings. The van der Waals surface area contributed by atoms with Gasteiger partial charge in [-0.25, -0.2) is 0 Å². The van der Waals surface area contributed by atoms with Crippen LogP contribution in [0.15, 0.2) is 23.3 Å². The van der Waals surface area contributed by atoms with Crippen molar-refractivity contribution in [2.45, 2.75) is 6.61 Å². The third-order valence-electron chi connectivity index (χ3n) is 2.38. The predicted molar refractivity (Wildman–Crippen MR) is 82.8 cm³/mol. The lowest BCUT2D eigenvalue weighted by atomic mass is 10.2. The quantitative estimate of drug-likeness (QED) is 0.327. The van der Waals surface area contributed by atoms with Gasteiger partial charge in [0.25, 0.3) is 0 Å². The molecule has 1 rings (SSSR count). The average Bonchev–Trinajstić information content (AvgIpc) is 2.48. The maximum absolute atomic E-state index is 12.2. The summed E-state index contributed by atoms with van der Waals surface area (Å²) in [6, 6.07) is 4.46. The van der Waals surface area contributed by atoms with Crippen LogP contribution in [0, 0.1) is 0 Å². The van der Waals surface area contributed by atoms with Gasteiger partial charge in [0.2, 0.25) is 0 Å². The van der Waals surface area contributed by atoms with Gasteiger partial charge in [-0.05, 0) is 36.0 Å². The lowest BCUT2D eigenvalue weighted by Crippen LogP contribution is -2.34. The zero-order chi connectivity index (χ0) is 16.4. The van der Waals surface area contributed by atoms with Crippen LogP contribution in [0.3, 0.4) is 0 Å². The Kier molecular flexibility index (Phi) is 8.08. The maximum Gasteiger partial charge on any atom is 0.387 e. The van der Waals surface area contributed by atoms with Gasteiger partial charge in [-0.1, -0.05) is 0 Å². The molecule has 1 aromatic rings. The highest BCUT2D eigenvalue weighted by molar-refractivity contribution is 7.80. The molecule has 0 atom stereocenters. The van der Waals surface area contributed by atoms with Crippen molar-refractivity contribution in [3.63, 3.8) is 0 Å². The van der Waals surface area contributed by atoms with Gasteiger partial charge < -0.3 is 19.5 Å². The molecule has 0 radical (unpaired) electrons. The molecule has 0 heterocycles. The highest BCUT2D eigenvalue weighted by Gasteiger charge is 2.10. The molecule has 0 aliphatic rings. The summed E-state index contributed by atoms with van der Waals surface area (Å²) in [6.45, 7) is -1.83. The fourth-order valence-electron chi connectivity index (χ4n) is 1.43. The van der Waals surface area contributed by atoms with Crippen LogP contribution < -0.4 is 20.2 Å². The molecule has 0 aliphatic carbocycles. The Morgan fingerprint density at radius 1 is 1.36 bits per heavy atom. The van der Waals surface area contributed by atoms with Crippen molar-refractivity contribution in [1.82, 2.24) is 10.7 Å². The molecular weight excluding hydrogens is 316 g/mol. The first-order chi connectivity index (χ1) is 10.6. The van der Waals surface area contributed by atoms with Gasteiger partial charge >= 0.3 is 6.61 Å². The Morgan fingerprint density at radius 3 is 2.77 bits per heavy atom. The summed E-state index contributed by atoms with van der Waals surface area (Å²) < 4.78 is 38.6. The smallest absolute Gasteiger partial charge is 0.387 e. The molecule has 1 aromatic carbocycles. The van der Waals surface area contributed by atoms with E-state index in [9.17, 15) is 8.78 Å². The number of hydrogen-bond donors (Lipinski definition) is 2. The fourth-order valence-corrected chi connectivity index (χ4v) is 1.58. The second kappa shape index (κ2) is 9.85. The van der Waals surface area contributed by atoms with E-state index < -0.39 is 6.61 Å². The summed E-state index contributed by atoms with van der Waals surface area (Å²) in [7, 11) is 2.95. The first-order valence-corrected chi connectivity index (χ1v) is 6.66. The second-order valence-corrected chi connectivity index (χ2v) is 4.32. The van der Waals surface area contributed by atoms with Crippen molar-refractivity contribution < 1.29 is 23.0 Å². The number of alkyl halides is 2. The Bertz CT molecular complexity index is 515. The molecule has 0 saturated carbocycles. The summed E-state index contributed by atoms with van der Waals surface area (Å²) in [4.78, 5) is 0. The number of hydrazone groups is 1. The maximum atomic E-state index is 12.2. The highest BCUT2D eigenvalue weighted by atomic mass is 32.1. The largest absolute Gasteiger partial charge is 0.493 e. The monoisotopic (exact) mass is 333 g/mol. The van der Waals surface area contributed by atoms with Gasteiger partial charge in [0, 0.05) is 13.7 Å². The zero-order valence-electron chi connectivity index (χ0n) is 12.1. The predicted octanol–water partition coefficient (Wildman–Crippen LogP) is 1.74. The van der Waals surface area contributed by atoms with Crippen LogP contribution in [0.4, 0.5) is 8.78 Å². The van der Waals surface area contributed by atoms with Crippen LogP contribution in [-0.4, -0.2) is 45.3 Å². The number of thiocarbonyl (C=S) groups is 1. The molecule has 0 unspecified atom stereocenters. The Balaban J connectivity index is 2.58. The third kappa shape index (κ3) is 6.64. The number of halogens is 2. The molecule has 0 aromatic heterocycles. The van der Waals surface area contributed by atoms with E-state index in [0.717, 1.165) is 0 Å². The van der Waals surface area contributed by atoms with Crippen LogP contribution >= 0.6 is 12.2 Å². The lowest BCUT2D eigenvalue weighted by Gasteiger charge is -2.10. The summed E-state index contributed by atoms with van der Waals surface area (Å²) in [5, 5.41) is 7.14. The molecule has 9 heteroatoms. The molecule has 0 amide bonds. The average molecular weight is 333 g/mol. The standard InChI is InChI=1S/C13H17F2N3O3S/c1-19-6-5-16-13(22)18-17-8-9-3-4-10(21-12(14)15)11(7-9)20-2/h3-4,7-8,12H,5-6H2,1-2H3,(H2,16,18,22)/b17-8-. The Labute approximate surface area is 132 Å². The molecule has 122 valence electrons. The number of nitrogens with zero attached hydrogens (tertiary/aromatic N) is 1. The van der Waals surface area contributed by atoms with E-state index in [1.54, 1.807) is 13.2 Å². The number of benzene rings is 1. The molecule has 2 N–H and O–H groups in total. The Hall–Kier alpha value is -2.00. The Morgan fingerprint density at radius 2 is 2.14 bits per heavy atom. The molecule has 0 saturated heterocycles. The SMILES string of the molecule is COCCNC(=S)N/N=C\c1ccc(OC(F)F)c(OC)c1. The first-order valence-electron chi connectivity index (χ1n) is 6.25. The molecule has 0 spiro atoms. The van der Waals surface area contributed by atoms with Gasteiger partial charge in [0.05, 0.1) is 19.9 Å². The van der Waals surface area contributed by atoms with Crippen molar-refractivity contribution in [3.8, 4) is 11.5 Å². The van der Waals surface area contributed by atoms with Crippen LogP contribution in [0.25, 0.3) is 0 Å². The van der Waals surface area contributed by atoms with Gasteiger partial charge in [0.15, 0.2) is 16.6 Å². The van der Waals surface area contributed by atoms with Crippen molar-refractivity contribution in [3.05, 3.63) is 23.8 Å². The zero-order valence-corrected chi connectivity index (χ0v) is 13.0.